The molecule has 1 heterocycles. The molecule has 0 saturated carbocycles. The number of nitrogens with one attached hydrogen (secondary N) is 1. The maximum Gasteiger partial charge on any atom is 0.262 e. The molecule has 1 atom stereocenters. The van der Waals surface area contributed by atoms with Gasteiger partial charge >= 0.3 is 0 Å². The van der Waals surface area contributed by atoms with Crippen LogP contribution in [-0.4, -0.2) is 11.4 Å². The molecule has 1 rings (SSSR count). The van der Waals surface area contributed by atoms with Gasteiger partial charge in [-0.3, -0.25) is 4.79 Å². The largest absolute Gasteiger partial charge is 0.333 e. The molecule has 1 N–H and O–H groups in total. The predicted octanol–water partition coefficient (Wildman–Crippen LogP) is 2.17. The van der Waals surface area contributed by atoms with E-state index in [9.17, 15) is 4.79 Å². The lowest BCUT2D eigenvalue weighted by Gasteiger charge is -2.20. The highest BCUT2D eigenvalue weighted by molar-refractivity contribution is 7.12. The number of carbonyl (C=O) groups excluding carboxylic acids is 1. The number of hydrogen-bond acceptors (Lipinski definition) is 3. The number of nitrogens with zero attached hydrogens (tertiary/aromatic N) is 1. The zero-order valence-electron chi connectivity index (χ0n) is 8.20. The lowest BCUT2D eigenvalue weighted by Crippen LogP contribution is -2.43. The molecule has 4 heteroatoms. The van der Waals surface area contributed by atoms with E-state index < -0.39 is 5.54 Å². The van der Waals surface area contributed by atoms with Gasteiger partial charge in [0, 0.05) is 0 Å². The van der Waals surface area contributed by atoms with Crippen molar-refractivity contribution in [2.75, 3.05) is 0 Å². The highest BCUT2D eigenvalue weighted by Crippen LogP contribution is 2.12. The molecular formula is C10H12N2OS. The quantitative estimate of drug-likeness (QED) is 0.827. The summed E-state index contributed by atoms with van der Waals surface area (Å²) in [6, 6.07) is 5.65. The fraction of sp³-hybridized carbons (Fsp3) is 0.400. The van der Waals surface area contributed by atoms with Gasteiger partial charge in [-0.25, -0.2) is 0 Å². The van der Waals surface area contributed by atoms with Crippen molar-refractivity contribution in [1.29, 1.82) is 5.26 Å². The van der Waals surface area contributed by atoms with Crippen LogP contribution in [0.1, 0.15) is 29.9 Å². The first kappa shape index (κ1) is 10.7. The number of nitriles is 1. The van der Waals surface area contributed by atoms with Crippen molar-refractivity contribution in [2.24, 2.45) is 0 Å². The molecule has 1 amide bonds. The Hall–Kier alpha value is -1.34. The first-order valence-corrected chi connectivity index (χ1v) is 5.26. The lowest BCUT2D eigenvalue weighted by molar-refractivity contribution is 0.0927. The normalized spacial score (nSPS) is 14.1. The van der Waals surface area contributed by atoms with Crippen LogP contribution in [0.15, 0.2) is 17.5 Å². The average molecular weight is 208 g/mol. The van der Waals surface area contributed by atoms with Gasteiger partial charge in [0.1, 0.15) is 5.54 Å². The van der Waals surface area contributed by atoms with Gasteiger partial charge in [0.25, 0.3) is 5.91 Å². The SMILES string of the molecule is CCC(C)(C#N)NC(=O)c1cccs1. The lowest BCUT2D eigenvalue weighted by atomic mass is 10.0. The fourth-order valence-corrected chi connectivity index (χ4v) is 1.53. The molecule has 1 aromatic rings. The molecule has 0 aliphatic rings. The van der Waals surface area contributed by atoms with E-state index >= 15 is 0 Å². The van der Waals surface area contributed by atoms with Crippen LogP contribution in [0, 0.1) is 11.3 Å². The second kappa shape index (κ2) is 4.25. The molecule has 14 heavy (non-hydrogen) atoms. The van der Waals surface area contributed by atoms with Crippen molar-refractivity contribution in [1.82, 2.24) is 5.32 Å². The highest BCUT2D eigenvalue weighted by atomic mass is 32.1. The summed E-state index contributed by atoms with van der Waals surface area (Å²) in [5, 5.41) is 13.4. The number of carbonyl (C=O) groups is 1. The van der Waals surface area contributed by atoms with Crippen molar-refractivity contribution in [3.05, 3.63) is 22.4 Å². The first-order valence-electron chi connectivity index (χ1n) is 4.38. The van der Waals surface area contributed by atoms with Gasteiger partial charge in [-0.05, 0) is 24.8 Å². The minimum Gasteiger partial charge on any atom is -0.333 e. The molecule has 1 unspecified atom stereocenters. The molecule has 0 fully saturated rings. The number of hydrogen-bond donors (Lipinski definition) is 1. The van der Waals surface area contributed by atoms with E-state index in [1.54, 1.807) is 13.0 Å². The molecule has 74 valence electrons. The summed E-state index contributed by atoms with van der Waals surface area (Å²) in [5.41, 5.74) is -0.763. The second-order valence-electron chi connectivity index (χ2n) is 3.23. The molecule has 0 aliphatic heterocycles. The summed E-state index contributed by atoms with van der Waals surface area (Å²) >= 11 is 1.37. The Bertz CT molecular complexity index is 353. The standard InChI is InChI=1S/C10H12N2OS/c1-3-10(2,7-11)12-9(13)8-5-4-6-14-8/h4-6H,3H2,1-2H3,(H,12,13). The number of amides is 1. The molecule has 1 aromatic heterocycles. The number of thiophene rings is 1. The molecular weight excluding hydrogens is 196 g/mol. The van der Waals surface area contributed by atoms with E-state index in [-0.39, 0.29) is 5.91 Å². The molecule has 0 saturated heterocycles. The van der Waals surface area contributed by atoms with Crippen LogP contribution >= 0.6 is 11.3 Å². The monoisotopic (exact) mass is 208 g/mol. The molecule has 0 radical (unpaired) electrons. The Morgan fingerprint density at radius 2 is 2.50 bits per heavy atom. The summed E-state index contributed by atoms with van der Waals surface area (Å²) in [4.78, 5) is 12.2. The summed E-state index contributed by atoms with van der Waals surface area (Å²) in [7, 11) is 0. The molecule has 0 spiro atoms. The molecule has 0 bridgehead atoms. The van der Waals surface area contributed by atoms with Crippen LogP contribution in [-0.2, 0) is 0 Å². The van der Waals surface area contributed by atoms with E-state index in [0.29, 0.717) is 11.3 Å². The van der Waals surface area contributed by atoms with Crippen LogP contribution < -0.4 is 5.32 Å². The molecule has 3 nitrogen and oxygen atoms in total. The predicted molar refractivity (Wildman–Crippen MR) is 56.1 cm³/mol. The zero-order valence-corrected chi connectivity index (χ0v) is 9.02. The zero-order chi connectivity index (χ0) is 10.6. The summed E-state index contributed by atoms with van der Waals surface area (Å²) < 4.78 is 0. The minimum atomic E-state index is -0.763. The van der Waals surface area contributed by atoms with Crippen LogP contribution in [0.2, 0.25) is 0 Å². The van der Waals surface area contributed by atoms with Gasteiger partial charge in [0.05, 0.1) is 10.9 Å². The number of rotatable bonds is 3. The Kier molecular flexibility index (Phi) is 3.26. The first-order chi connectivity index (χ1) is 6.61. The topological polar surface area (TPSA) is 52.9 Å². The van der Waals surface area contributed by atoms with E-state index in [2.05, 4.69) is 11.4 Å². The van der Waals surface area contributed by atoms with Gasteiger partial charge in [-0.1, -0.05) is 13.0 Å². The van der Waals surface area contributed by atoms with Crippen molar-refractivity contribution < 1.29 is 4.79 Å². The van der Waals surface area contributed by atoms with Crippen LogP contribution in [0.25, 0.3) is 0 Å². The Labute approximate surface area is 87.4 Å². The molecule has 0 aliphatic carbocycles. The third-order valence-electron chi connectivity index (χ3n) is 2.09. The van der Waals surface area contributed by atoms with Crippen molar-refractivity contribution >= 4 is 17.2 Å². The maximum absolute atomic E-state index is 11.6. The van der Waals surface area contributed by atoms with E-state index in [0.717, 1.165) is 0 Å². The van der Waals surface area contributed by atoms with Crippen molar-refractivity contribution in [3.8, 4) is 6.07 Å². The third kappa shape index (κ3) is 2.33. The van der Waals surface area contributed by atoms with Crippen LogP contribution in [0.3, 0.4) is 0 Å². The van der Waals surface area contributed by atoms with Gasteiger partial charge < -0.3 is 5.32 Å². The Morgan fingerprint density at radius 1 is 1.79 bits per heavy atom. The van der Waals surface area contributed by atoms with Crippen LogP contribution in [0.5, 0.6) is 0 Å². The average Bonchev–Trinajstić information content (AvgIpc) is 2.70. The van der Waals surface area contributed by atoms with Crippen molar-refractivity contribution in [2.45, 2.75) is 25.8 Å². The van der Waals surface area contributed by atoms with Gasteiger partial charge in [-0.2, -0.15) is 5.26 Å². The van der Waals surface area contributed by atoms with Gasteiger partial charge in [0.15, 0.2) is 0 Å². The second-order valence-corrected chi connectivity index (χ2v) is 4.18. The van der Waals surface area contributed by atoms with Crippen LogP contribution in [0.4, 0.5) is 0 Å². The summed E-state index contributed by atoms with van der Waals surface area (Å²) in [6.07, 6.45) is 0.598. The van der Waals surface area contributed by atoms with E-state index in [4.69, 9.17) is 5.26 Å². The third-order valence-corrected chi connectivity index (χ3v) is 2.96. The van der Waals surface area contributed by atoms with Gasteiger partial charge in [-0.15, -0.1) is 11.3 Å². The van der Waals surface area contributed by atoms with Crippen molar-refractivity contribution in [3.63, 3.8) is 0 Å². The van der Waals surface area contributed by atoms with E-state index in [1.807, 2.05) is 18.4 Å². The highest BCUT2D eigenvalue weighted by Gasteiger charge is 2.24. The Balaban J connectivity index is 2.71. The smallest absolute Gasteiger partial charge is 0.262 e. The molecule has 0 aromatic carbocycles. The van der Waals surface area contributed by atoms with E-state index in [1.165, 1.54) is 11.3 Å². The summed E-state index contributed by atoms with van der Waals surface area (Å²) in [5.74, 6) is -0.175. The Morgan fingerprint density at radius 3 is 2.93 bits per heavy atom. The minimum absolute atomic E-state index is 0.175. The van der Waals surface area contributed by atoms with Gasteiger partial charge in [0.2, 0.25) is 0 Å². The summed E-state index contributed by atoms with van der Waals surface area (Å²) in [6.45, 7) is 3.59. The maximum atomic E-state index is 11.6. The fourth-order valence-electron chi connectivity index (χ4n) is 0.915.